The van der Waals surface area contributed by atoms with E-state index < -0.39 is 0 Å². The van der Waals surface area contributed by atoms with Crippen LogP contribution in [0.2, 0.25) is 0 Å². The zero-order valence-corrected chi connectivity index (χ0v) is 9.92. The largest absolute Gasteiger partial charge is 0.494 e. The Hall–Kier alpha value is -2.61. The summed E-state index contributed by atoms with van der Waals surface area (Å²) in [5.74, 6) is 1.42. The second-order valence-corrected chi connectivity index (χ2v) is 3.48. The Balaban J connectivity index is 2.06. The number of nitriles is 1. The SMILES string of the molecule is CCOc1ccc(Nc2cnc(C#N)cn2)cc1. The quantitative estimate of drug-likeness (QED) is 0.889. The second-order valence-electron chi connectivity index (χ2n) is 3.48. The first-order valence-corrected chi connectivity index (χ1v) is 5.54. The fourth-order valence-electron chi connectivity index (χ4n) is 1.40. The van der Waals surface area contributed by atoms with Crippen LogP contribution in [-0.2, 0) is 0 Å². The molecule has 0 aliphatic carbocycles. The van der Waals surface area contributed by atoms with Crippen LogP contribution in [-0.4, -0.2) is 16.6 Å². The van der Waals surface area contributed by atoms with Crippen molar-refractivity contribution >= 4 is 11.5 Å². The fraction of sp³-hybridized carbons (Fsp3) is 0.154. The predicted molar refractivity (Wildman–Crippen MR) is 67.6 cm³/mol. The van der Waals surface area contributed by atoms with E-state index in [9.17, 15) is 0 Å². The Kier molecular flexibility index (Phi) is 3.72. The molecule has 2 aromatic rings. The Morgan fingerprint density at radius 2 is 2.00 bits per heavy atom. The zero-order chi connectivity index (χ0) is 12.8. The minimum Gasteiger partial charge on any atom is -0.494 e. The molecule has 0 amide bonds. The van der Waals surface area contributed by atoms with E-state index in [2.05, 4.69) is 15.3 Å². The van der Waals surface area contributed by atoms with Gasteiger partial charge in [-0.2, -0.15) is 5.26 Å². The summed E-state index contributed by atoms with van der Waals surface area (Å²) in [7, 11) is 0. The van der Waals surface area contributed by atoms with Crippen molar-refractivity contribution in [1.82, 2.24) is 9.97 Å². The molecule has 5 nitrogen and oxygen atoms in total. The van der Waals surface area contributed by atoms with Crippen molar-refractivity contribution in [3.8, 4) is 11.8 Å². The molecule has 90 valence electrons. The van der Waals surface area contributed by atoms with Crippen molar-refractivity contribution in [3.05, 3.63) is 42.4 Å². The van der Waals surface area contributed by atoms with Crippen molar-refractivity contribution in [2.24, 2.45) is 0 Å². The summed E-state index contributed by atoms with van der Waals surface area (Å²) in [6, 6.07) is 9.46. The molecule has 0 atom stereocenters. The van der Waals surface area contributed by atoms with Crippen molar-refractivity contribution in [2.45, 2.75) is 6.92 Å². The van der Waals surface area contributed by atoms with Gasteiger partial charge in [0.2, 0.25) is 0 Å². The Morgan fingerprint density at radius 1 is 1.22 bits per heavy atom. The number of benzene rings is 1. The lowest BCUT2D eigenvalue weighted by Gasteiger charge is -2.06. The molecule has 1 N–H and O–H groups in total. The highest BCUT2D eigenvalue weighted by Crippen LogP contribution is 2.18. The number of aromatic nitrogens is 2. The minimum absolute atomic E-state index is 0.298. The van der Waals surface area contributed by atoms with Gasteiger partial charge in [0.05, 0.1) is 19.0 Å². The van der Waals surface area contributed by atoms with Crippen LogP contribution in [0.3, 0.4) is 0 Å². The molecule has 0 radical (unpaired) electrons. The summed E-state index contributed by atoms with van der Waals surface area (Å²) in [5.41, 5.74) is 1.18. The Bertz CT molecular complexity index is 543. The Morgan fingerprint density at radius 3 is 2.56 bits per heavy atom. The maximum atomic E-state index is 8.61. The van der Waals surface area contributed by atoms with Crippen molar-refractivity contribution < 1.29 is 4.74 Å². The molecule has 0 aliphatic rings. The van der Waals surface area contributed by atoms with E-state index in [0.29, 0.717) is 18.1 Å². The number of hydrogen-bond donors (Lipinski definition) is 1. The molecular formula is C13H12N4O. The number of anilines is 2. The first-order valence-electron chi connectivity index (χ1n) is 5.54. The molecule has 0 bridgehead atoms. The monoisotopic (exact) mass is 240 g/mol. The molecule has 0 aliphatic heterocycles. The number of rotatable bonds is 4. The standard InChI is InChI=1S/C13H12N4O/c1-2-18-12-5-3-10(4-6-12)17-13-9-15-11(7-14)8-16-13/h3-6,8-9H,2H2,1H3,(H,16,17). The summed E-state index contributed by atoms with van der Waals surface area (Å²) in [4.78, 5) is 8.01. The molecule has 0 fully saturated rings. The molecule has 5 heteroatoms. The highest BCUT2D eigenvalue weighted by atomic mass is 16.5. The first-order chi connectivity index (χ1) is 8.81. The molecular weight excluding hydrogens is 228 g/mol. The molecule has 1 aromatic carbocycles. The van der Waals surface area contributed by atoms with Gasteiger partial charge in [-0.05, 0) is 31.2 Å². The van der Waals surface area contributed by atoms with Crippen LogP contribution in [0, 0.1) is 11.3 Å². The highest BCUT2D eigenvalue weighted by molar-refractivity contribution is 5.56. The molecule has 18 heavy (non-hydrogen) atoms. The highest BCUT2D eigenvalue weighted by Gasteiger charge is 1.98. The number of nitrogens with one attached hydrogen (secondary N) is 1. The van der Waals surface area contributed by atoms with Gasteiger partial charge in [0.15, 0.2) is 5.69 Å². The lowest BCUT2D eigenvalue weighted by molar-refractivity contribution is 0.340. The topological polar surface area (TPSA) is 70.8 Å². The van der Waals surface area contributed by atoms with Gasteiger partial charge >= 0.3 is 0 Å². The zero-order valence-electron chi connectivity index (χ0n) is 9.92. The fourth-order valence-corrected chi connectivity index (χ4v) is 1.40. The Labute approximate surface area is 105 Å². The summed E-state index contributed by atoms with van der Waals surface area (Å²) in [6.45, 7) is 2.59. The van der Waals surface area contributed by atoms with E-state index in [4.69, 9.17) is 10.00 Å². The van der Waals surface area contributed by atoms with E-state index in [1.54, 1.807) is 0 Å². The molecule has 0 spiro atoms. The smallest absolute Gasteiger partial charge is 0.158 e. The average Bonchev–Trinajstić information content (AvgIpc) is 2.42. The van der Waals surface area contributed by atoms with Gasteiger partial charge in [-0.3, -0.25) is 0 Å². The number of ether oxygens (including phenoxy) is 1. The van der Waals surface area contributed by atoms with Crippen molar-refractivity contribution in [3.63, 3.8) is 0 Å². The van der Waals surface area contributed by atoms with Crippen LogP contribution in [0.15, 0.2) is 36.7 Å². The van der Waals surface area contributed by atoms with E-state index in [1.165, 1.54) is 12.4 Å². The summed E-state index contributed by atoms with van der Waals surface area (Å²) < 4.78 is 5.35. The minimum atomic E-state index is 0.298. The van der Waals surface area contributed by atoms with E-state index in [-0.39, 0.29) is 0 Å². The average molecular weight is 240 g/mol. The number of nitrogens with zero attached hydrogens (tertiary/aromatic N) is 3. The van der Waals surface area contributed by atoms with Gasteiger partial charge in [-0.15, -0.1) is 0 Å². The third kappa shape index (κ3) is 2.95. The molecule has 1 heterocycles. The van der Waals surface area contributed by atoms with E-state index >= 15 is 0 Å². The van der Waals surface area contributed by atoms with E-state index in [1.807, 2.05) is 37.3 Å². The molecule has 1 aromatic heterocycles. The normalized spacial score (nSPS) is 9.56. The van der Waals surface area contributed by atoms with Gasteiger partial charge in [0.25, 0.3) is 0 Å². The first kappa shape index (κ1) is 11.9. The lowest BCUT2D eigenvalue weighted by Crippen LogP contribution is -1.96. The maximum Gasteiger partial charge on any atom is 0.158 e. The van der Waals surface area contributed by atoms with Gasteiger partial charge in [0.1, 0.15) is 17.6 Å². The number of hydrogen-bond acceptors (Lipinski definition) is 5. The van der Waals surface area contributed by atoms with Gasteiger partial charge < -0.3 is 10.1 Å². The summed E-state index contributed by atoms with van der Waals surface area (Å²) >= 11 is 0. The van der Waals surface area contributed by atoms with Crippen LogP contribution in [0.5, 0.6) is 5.75 Å². The van der Waals surface area contributed by atoms with Crippen LogP contribution in [0.4, 0.5) is 11.5 Å². The van der Waals surface area contributed by atoms with Crippen LogP contribution >= 0.6 is 0 Å². The van der Waals surface area contributed by atoms with Gasteiger partial charge in [-0.1, -0.05) is 0 Å². The second kappa shape index (κ2) is 5.64. The maximum absolute atomic E-state index is 8.61. The summed E-state index contributed by atoms with van der Waals surface area (Å²) in [5, 5.41) is 11.7. The van der Waals surface area contributed by atoms with Crippen molar-refractivity contribution in [2.75, 3.05) is 11.9 Å². The lowest BCUT2D eigenvalue weighted by atomic mass is 10.3. The molecule has 0 saturated heterocycles. The molecule has 0 saturated carbocycles. The molecule has 0 unspecified atom stereocenters. The van der Waals surface area contributed by atoms with Gasteiger partial charge in [0, 0.05) is 5.69 Å². The van der Waals surface area contributed by atoms with Crippen LogP contribution in [0.1, 0.15) is 12.6 Å². The third-order valence-electron chi connectivity index (χ3n) is 2.20. The van der Waals surface area contributed by atoms with Gasteiger partial charge in [-0.25, -0.2) is 9.97 Å². The molecule has 2 rings (SSSR count). The summed E-state index contributed by atoms with van der Waals surface area (Å²) in [6.07, 6.45) is 2.95. The van der Waals surface area contributed by atoms with Crippen LogP contribution in [0.25, 0.3) is 0 Å². The third-order valence-corrected chi connectivity index (χ3v) is 2.20. The van der Waals surface area contributed by atoms with Crippen molar-refractivity contribution in [1.29, 1.82) is 5.26 Å². The predicted octanol–water partition coefficient (Wildman–Crippen LogP) is 2.49. The van der Waals surface area contributed by atoms with E-state index in [0.717, 1.165) is 11.4 Å². The van der Waals surface area contributed by atoms with Crippen LogP contribution < -0.4 is 10.1 Å².